The highest BCUT2D eigenvalue weighted by molar-refractivity contribution is 5.92. The van der Waals surface area contributed by atoms with Crippen LogP contribution in [-0.2, 0) is 0 Å². The summed E-state index contributed by atoms with van der Waals surface area (Å²) in [4.78, 5) is 32.9. The Kier molecular flexibility index (Phi) is 4.10. The number of allylic oxidation sites excluding steroid dienone is 1. The number of nitrogens with zero attached hydrogens (tertiary/aromatic N) is 3. The van der Waals surface area contributed by atoms with Crippen LogP contribution in [0, 0.1) is 13.8 Å². The van der Waals surface area contributed by atoms with E-state index in [0.29, 0.717) is 0 Å². The van der Waals surface area contributed by atoms with E-state index in [-0.39, 0.29) is 29.2 Å². The van der Waals surface area contributed by atoms with Gasteiger partial charge >= 0.3 is 0 Å². The zero-order valence-electron chi connectivity index (χ0n) is 13.2. The molecule has 2 heterocycles. The number of rotatable bonds is 3. The van der Waals surface area contributed by atoms with E-state index in [1.807, 2.05) is 19.9 Å². The summed E-state index contributed by atoms with van der Waals surface area (Å²) in [7, 11) is 0. The minimum absolute atomic E-state index is 0.108. The quantitative estimate of drug-likeness (QED) is 0.838. The molecule has 23 heavy (non-hydrogen) atoms. The lowest BCUT2D eigenvalue weighted by Crippen LogP contribution is -2.35. The van der Waals surface area contributed by atoms with E-state index in [4.69, 9.17) is 0 Å². The zero-order valence-corrected chi connectivity index (χ0v) is 13.2. The molecule has 0 spiro atoms. The zero-order chi connectivity index (χ0) is 16.4. The number of aryl methyl sites for hydroxylation is 2. The molecule has 1 aliphatic carbocycles. The van der Waals surface area contributed by atoms with Crippen molar-refractivity contribution in [3.63, 3.8) is 0 Å². The first-order chi connectivity index (χ1) is 11.0. The van der Waals surface area contributed by atoms with E-state index in [1.165, 1.54) is 10.7 Å². The lowest BCUT2D eigenvalue weighted by molar-refractivity contribution is 0.0929. The summed E-state index contributed by atoms with van der Waals surface area (Å²) in [5.41, 5.74) is 1.37. The summed E-state index contributed by atoms with van der Waals surface area (Å²) < 4.78 is 1.19. The molecular formula is C16H19N5O2. The molecule has 2 aromatic heterocycles. The molecule has 0 aliphatic heterocycles. The van der Waals surface area contributed by atoms with Crippen LogP contribution in [0.4, 0.5) is 0 Å². The highest BCUT2D eigenvalue weighted by Crippen LogP contribution is 2.11. The van der Waals surface area contributed by atoms with Crippen LogP contribution in [0.5, 0.6) is 0 Å². The van der Waals surface area contributed by atoms with Crippen molar-refractivity contribution in [3.8, 4) is 5.95 Å². The molecule has 0 bridgehead atoms. The van der Waals surface area contributed by atoms with Gasteiger partial charge in [-0.2, -0.15) is 4.68 Å². The number of carbonyl (C=O) groups is 1. The highest BCUT2D eigenvalue weighted by atomic mass is 16.2. The summed E-state index contributed by atoms with van der Waals surface area (Å²) in [6, 6.07) is 3.20. The van der Waals surface area contributed by atoms with Gasteiger partial charge in [-0.1, -0.05) is 12.2 Å². The molecule has 1 unspecified atom stereocenters. The van der Waals surface area contributed by atoms with E-state index < -0.39 is 0 Å². The molecule has 0 saturated carbocycles. The maximum absolute atomic E-state index is 12.3. The monoisotopic (exact) mass is 313 g/mol. The molecule has 2 aromatic rings. The molecule has 2 N–H and O–H groups in total. The first-order valence-electron chi connectivity index (χ1n) is 7.63. The molecule has 3 rings (SSSR count). The van der Waals surface area contributed by atoms with E-state index in [0.717, 1.165) is 30.7 Å². The van der Waals surface area contributed by atoms with Crippen LogP contribution in [0.3, 0.4) is 0 Å². The topological polar surface area (TPSA) is 92.7 Å². The maximum atomic E-state index is 12.3. The number of hydrogen-bond acceptors (Lipinski definition) is 4. The van der Waals surface area contributed by atoms with Crippen molar-refractivity contribution in [2.24, 2.45) is 0 Å². The van der Waals surface area contributed by atoms with Gasteiger partial charge in [-0.3, -0.25) is 14.7 Å². The van der Waals surface area contributed by atoms with Gasteiger partial charge in [0.1, 0.15) is 5.69 Å². The first-order valence-corrected chi connectivity index (χ1v) is 7.63. The fraction of sp³-hybridized carbons (Fsp3) is 0.375. The van der Waals surface area contributed by atoms with E-state index >= 15 is 0 Å². The predicted molar refractivity (Wildman–Crippen MR) is 85.7 cm³/mol. The Morgan fingerprint density at radius 2 is 2.00 bits per heavy atom. The van der Waals surface area contributed by atoms with Gasteiger partial charge in [0.15, 0.2) is 0 Å². The molecule has 1 aliphatic rings. The molecule has 0 fully saturated rings. The summed E-state index contributed by atoms with van der Waals surface area (Å²) in [6.07, 6.45) is 6.85. The molecule has 7 nitrogen and oxygen atoms in total. The average Bonchev–Trinajstić information content (AvgIpc) is 2.89. The Bertz CT molecular complexity index is 798. The number of aromatic nitrogens is 4. The molecule has 7 heteroatoms. The molecule has 1 amide bonds. The van der Waals surface area contributed by atoms with Crippen molar-refractivity contribution in [2.45, 2.75) is 39.2 Å². The number of carbonyl (C=O) groups excluding carboxylic acids is 1. The number of amides is 1. The Labute approximate surface area is 133 Å². The average molecular weight is 313 g/mol. The Morgan fingerprint density at radius 1 is 1.26 bits per heavy atom. The van der Waals surface area contributed by atoms with Crippen LogP contribution in [0.15, 0.2) is 29.1 Å². The van der Waals surface area contributed by atoms with Crippen molar-refractivity contribution < 1.29 is 4.79 Å². The summed E-state index contributed by atoms with van der Waals surface area (Å²) in [5, 5.41) is 5.73. The van der Waals surface area contributed by atoms with Gasteiger partial charge < -0.3 is 5.32 Å². The van der Waals surface area contributed by atoms with Crippen molar-refractivity contribution in [1.82, 2.24) is 25.1 Å². The lowest BCUT2D eigenvalue weighted by Gasteiger charge is -2.18. The second-order valence-corrected chi connectivity index (χ2v) is 5.75. The molecule has 0 radical (unpaired) electrons. The van der Waals surface area contributed by atoms with Crippen LogP contribution in [0.25, 0.3) is 5.95 Å². The third kappa shape index (κ3) is 3.39. The molecular weight excluding hydrogens is 294 g/mol. The number of nitrogens with one attached hydrogen (secondary N) is 2. The standard InChI is InChI=1S/C16H19N5O2/c1-10-8-11(2)18-16(17-10)21-14(22)9-13(20-21)15(23)19-12-6-4-3-5-7-12/h3-4,8-9,12,20H,5-7H2,1-2H3,(H,19,23). The SMILES string of the molecule is Cc1cc(C)nc(-n2[nH]c(C(=O)NC3CC=CCC3)cc2=O)n1. The molecule has 120 valence electrons. The summed E-state index contributed by atoms with van der Waals surface area (Å²) in [6.45, 7) is 3.66. The van der Waals surface area contributed by atoms with Gasteiger partial charge in [0.25, 0.3) is 17.4 Å². The normalized spacial score (nSPS) is 17.2. The maximum Gasteiger partial charge on any atom is 0.274 e. The van der Waals surface area contributed by atoms with E-state index in [2.05, 4.69) is 32.5 Å². The Balaban J connectivity index is 1.84. The van der Waals surface area contributed by atoms with Gasteiger partial charge in [-0.25, -0.2) is 9.97 Å². The predicted octanol–water partition coefficient (Wildman–Crippen LogP) is 1.41. The van der Waals surface area contributed by atoms with Crippen molar-refractivity contribution in [1.29, 1.82) is 0 Å². The third-order valence-electron chi connectivity index (χ3n) is 3.74. The largest absolute Gasteiger partial charge is 0.348 e. The second kappa shape index (κ2) is 6.20. The van der Waals surface area contributed by atoms with E-state index in [1.54, 1.807) is 0 Å². The van der Waals surface area contributed by atoms with Crippen molar-refractivity contribution >= 4 is 5.91 Å². The van der Waals surface area contributed by atoms with Gasteiger partial charge in [0.05, 0.1) is 0 Å². The van der Waals surface area contributed by atoms with Gasteiger partial charge in [0.2, 0.25) is 0 Å². The fourth-order valence-electron chi connectivity index (χ4n) is 2.66. The van der Waals surface area contributed by atoms with Crippen LogP contribution in [0.2, 0.25) is 0 Å². The fourth-order valence-corrected chi connectivity index (χ4v) is 2.66. The van der Waals surface area contributed by atoms with Crippen molar-refractivity contribution in [2.75, 3.05) is 0 Å². The first kappa shape index (κ1) is 15.2. The van der Waals surface area contributed by atoms with E-state index in [9.17, 15) is 9.59 Å². The molecule has 0 saturated heterocycles. The number of H-pyrrole nitrogens is 1. The van der Waals surface area contributed by atoms with Crippen LogP contribution in [0.1, 0.15) is 41.1 Å². The van der Waals surface area contributed by atoms with Crippen LogP contribution >= 0.6 is 0 Å². The summed E-state index contributed by atoms with van der Waals surface area (Å²) in [5.74, 6) is -0.0438. The minimum atomic E-state index is -0.358. The van der Waals surface area contributed by atoms with Crippen LogP contribution in [-0.4, -0.2) is 31.7 Å². The highest BCUT2D eigenvalue weighted by Gasteiger charge is 2.18. The number of aromatic amines is 1. The Hall–Kier alpha value is -2.70. The second-order valence-electron chi connectivity index (χ2n) is 5.75. The number of hydrogen-bond donors (Lipinski definition) is 2. The van der Waals surface area contributed by atoms with Crippen LogP contribution < -0.4 is 10.9 Å². The minimum Gasteiger partial charge on any atom is -0.348 e. The Morgan fingerprint density at radius 3 is 2.65 bits per heavy atom. The van der Waals surface area contributed by atoms with Gasteiger partial charge in [0, 0.05) is 23.5 Å². The third-order valence-corrected chi connectivity index (χ3v) is 3.74. The van der Waals surface area contributed by atoms with Gasteiger partial charge in [-0.15, -0.1) is 0 Å². The van der Waals surface area contributed by atoms with Crippen molar-refractivity contribution in [3.05, 3.63) is 51.7 Å². The summed E-state index contributed by atoms with van der Waals surface area (Å²) >= 11 is 0. The molecule has 1 atom stereocenters. The van der Waals surface area contributed by atoms with Gasteiger partial charge in [-0.05, 0) is 39.2 Å². The molecule has 0 aromatic carbocycles. The lowest BCUT2D eigenvalue weighted by atomic mass is 10.0. The smallest absolute Gasteiger partial charge is 0.274 e.